The Kier molecular flexibility index (Phi) is 4.48. The first-order valence-electron chi connectivity index (χ1n) is 7.11. The standard InChI is InChI=1S/C16H25NO2/c1-5-8-16(3)11-17-10-15(19-16)13-9-12(2)6-7-14(13)18-4/h6-7,9,15,17H,5,8,10-11H2,1-4H3. The van der Waals surface area contributed by atoms with Gasteiger partial charge in [0.05, 0.1) is 18.8 Å². The Labute approximate surface area is 116 Å². The molecule has 3 heteroatoms. The summed E-state index contributed by atoms with van der Waals surface area (Å²) in [5, 5.41) is 3.50. The maximum absolute atomic E-state index is 6.36. The lowest BCUT2D eigenvalue weighted by molar-refractivity contribution is -0.112. The lowest BCUT2D eigenvalue weighted by atomic mass is 9.95. The third-order valence-corrected chi connectivity index (χ3v) is 3.77. The summed E-state index contributed by atoms with van der Waals surface area (Å²) >= 11 is 0. The van der Waals surface area contributed by atoms with Crippen LogP contribution in [0.5, 0.6) is 5.75 Å². The molecule has 1 heterocycles. The molecule has 1 saturated heterocycles. The molecule has 1 fully saturated rings. The van der Waals surface area contributed by atoms with Crippen LogP contribution in [0.3, 0.4) is 0 Å². The molecule has 0 aromatic heterocycles. The number of ether oxygens (including phenoxy) is 2. The molecule has 3 nitrogen and oxygen atoms in total. The molecule has 1 aromatic carbocycles. The Morgan fingerprint density at radius 2 is 2.26 bits per heavy atom. The summed E-state index contributed by atoms with van der Waals surface area (Å²) in [7, 11) is 1.72. The minimum absolute atomic E-state index is 0.0696. The highest BCUT2D eigenvalue weighted by molar-refractivity contribution is 5.39. The number of hydrogen-bond acceptors (Lipinski definition) is 3. The molecule has 0 saturated carbocycles. The predicted octanol–water partition coefficient (Wildman–Crippen LogP) is 3.22. The summed E-state index contributed by atoms with van der Waals surface area (Å²) in [6.07, 6.45) is 2.28. The van der Waals surface area contributed by atoms with Gasteiger partial charge in [0.15, 0.2) is 0 Å². The Hall–Kier alpha value is -1.06. The zero-order valence-electron chi connectivity index (χ0n) is 12.5. The van der Waals surface area contributed by atoms with Crippen LogP contribution in [-0.2, 0) is 4.74 Å². The maximum atomic E-state index is 6.36. The van der Waals surface area contributed by atoms with Crippen molar-refractivity contribution in [3.05, 3.63) is 29.3 Å². The third kappa shape index (κ3) is 3.28. The van der Waals surface area contributed by atoms with Crippen molar-refractivity contribution in [1.29, 1.82) is 0 Å². The fourth-order valence-corrected chi connectivity index (χ4v) is 2.85. The molecular formula is C16H25NO2. The Morgan fingerprint density at radius 3 is 2.95 bits per heavy atom. The lowest BCUT2D eigenvalue weighted by Crippen LogP contribution is -2.48. The maximum Gasteiger partial charge on any atom is 0.124 e. The summed E-state index contributed by atoms with van der Waals surface area (Å²) in [6.45, 7) is 8.26. The van der Waals surface area contributed by atoms with E-state index in [-0.39, 0.29) is 11.7 Å². The van der Waals surface area contributed by atoms with Gasteiger partial charge in [-0.2, -0.15) is 0 Å². The average molecular weight is 263 g/mol. The monoisotopic (exact) mass is 263 g/mol. The second-order valence-corrected chi connectivity index (χ2v) is 5.68. The van der Waals surface area contributed by atoms with Crippen molar-refractivity contribution >= 4 is 0 Å². The van der Waals surface area contributed by atoms with Gasteiger partial charge in [-0.15, -0.1) is 0 Å². The molecule has 19 heavy (non-hydrogen) atoms. The van der Waals surface area contributed by atoms with Crippen molar-refractivity contribution in [2.24, 2.45) is 0 Å². The van der Waals surface area contributed by atoms with Crippen molar-refractivity contribution < 1.29 is 9.47 Å². The molecule has 1 aromatic rings. The van der Waals surface area contributed by atoms with E-state index in [0.717, 1.165) is 37.2 Å². The summed E-state index contributed by atoms with van der Waals surface area (Å²) in [4.78, 5) is 0. The van der Waals surface area contributed by atoms with E-state index in [1.807, 2.05) is 6.07 Å². The molecule has 2 unspecified atom stereocenters. The topological polar surface area (TPSA) is 30.5 Å². The number of benzene rings is 1. The summed E-state index contributed by atoms with van der Waals surface area (Å²) < 4.78 is 11.8. The Bertz CT molecular complexity index is 429. The molecule has 2 atom stereocenters. The Morgan fingerprint density at radius 1 is 1.47 bits per heavy atom. The molecule has 2 rings (SSSR count). The van der Waals surface area contributed by atoms with Gasteiger partial charge in [-0.25, -0.2) is 0 Å². The fraction of sp³-hybridized carbons (Fsp3) is 0.625. The van der Waals surface area contributed by atoms with Crippen LogP contribution in [-0.4, -0.2) is 25.8 Å². The van der Waals surface area contributed by atoms with Gasteiger partial charge >= 0.3 is 0 Å². The van der Waals surface area contributed by atoms with Crippen LogP contribution in [0.1, 0.15) is 43.9 Å². The van der Waals surface area contributed by atoms with E-state index in [4.69, 9.17) is 9.47 Å². The van der Waals surface area contributed by atoms with Crippen LogP contribution >= 0.6 is 0 Å². The molecule has 106 valence electrons. The fourth-order valence-electron chi connectivity index (χ4n) is 2.85. The lowest BCUT2D eigenvalue weighted by Gasteiger charge is -2.40. The van der Waals surface area contributed by atoms with E-state index in [2.05, 4.69) is 38.2 Å². The van der Waals surface area contributed by atoms with Crippen LogP contribution in [0.2, 0.25) is 0 Å². The molecule has 0 spiro atoms. The summed E-state index contributed by atoms with van der Waals surface area (Å²) in [6, 6.07) is 6.27. The first-order chi connectivity index (χ1) is 9.08. The number of rotatable bonds is 4. The highest BCUT2D eigenvalue weighted by Crippen LogP contribution is 2.35. The quantitative estimate of drug-likeness (QED) is 0.904. The number of methoxy groups -OCH3 is 1. The van der Waals surface area contributed by atoms with Crippen LogP contribution < -0.4 is 10.1 Å². The van der Waals surface area contributed by atoms with Gasteiger partial charge in [0.1, 0.15) is 5.75 Å². The van der Waals surface area contributed by atoms with Crippen molar-refractivity contribution in [3.63, 3.8) is 0 Å². The van der Waals surface area contributed by atoms with Gasteiger partial charge in [0, 0.05) is 18.7 Å². The van der Waals surface area contributed by atoms with Gasteiger partial charge < -0.3 is 14.8 Å². The van der Waals surface area contributed by atoms with Crippen molar-refractivity contribution in [3.8, 4) is 5.75 Å². The normalized spacial score (nSPS) is 27.3. The Balaban J connectivity index is 2.23. The van der Waals surface area contributed by atoms with Crippen LogP contribution in [0.4, 0.5) is 0 Å². The van der Waals surface area contributed by atoms with E-state index < -0.39 is 0 Å². The van der Waals surface area contributed by atoms with E-state index >= 15 is 0 Å². The van der Waals surface area contributed by atoms with Crippen molar-refractivity contribution in [1.82, 2.24) is 5.32 Å². The molecule has 1 N–H and O–H groups in total. The largest absolute Gasteiger partial charge is 0.496 e. The number of hydrogen-bond donors (Lipinski definition) is 1. The van der Waals surface area contributed by atoms with Gasteiger partial charge in [-0.05, 0) is 32.4 Å². The SMILES string of the molecule is CCCC1(C)CNCC(c2cc(C)ccc2OC)O1. The van der Waals surface area contributed by atoms with Gasteiger partial charge in [-0.1, -0.05) is 25.0 Å². The zero-order chi connectivity index (χ0) is 13.9. The number of morpholine rings is 1. The molecule has 1 aliphatic rings. The first kappa shape index (κ1) is 14.4. The minimum atomic E-state index is -0.0770. The van der Waals surface area contributed by atoms with E-state index in [1.165, 1.54) is 5.56 Å². The second kappa shape index (κ2) is 5.93. The zero-order valence-corrected chi connectivity index (χ0v) is 12.5. The van der Waals surface area contributed by atoms with Gasteiger partial charge in [0.25, 0.3) is 0 Å². The predicted molar refractivity (Wildman–Crippen MR) is 77.7 cm³/mol. The molecule has 0 aliphatic carbocycles. The van der Waals surface area contributed by atoms with Gasteiger partial charge in [0.2, 0.25) is 0 Å². The highest BCUT2D eigenvalue weighted by atomic mass is 16.5. The first-order valence-corrected chi connectivity index (χ1v) is 7.11. The molecular weight excluding hydrogens is 238 g/mol. The van der Waals surface area contributed by atoms with Crippen LogP contribution in [0, 0.1) is 6.92 Å². The minimum Gasteiger partial charge on any atom is -0.496 e. The highest BCUT2D eigenvalue weighted by Gasteiger charge is 2.33. The van der Waals surface area contributed by atoms with Crippen LogP contribution in [0.25, 0.3) is 0 Å². The molecule has 0 amide bonds. The molecule has 0 radical (unpaired) electrons. The molecule has 1 aliphatic heterocycles. The van der Waals surface area contributed by atoms with E-state index in [1.54, 1.807) is 7.11 Å². The summed E-state index contributed by atoms with van der Waals surface area (Å²) in [5.74, 6) is 0.915. The smallest absolute Gasteiger partial charge is 0.124 e. The number of aryl methyl sites for hydroxylation is 1. The number of nitrogens with one attached hydrogen (secondary N) is 1. The van der Waals surface area contributed by atoms with E-state index in [9.17, 15) is 0 Å². The van der Waals surface area contributed by atoms with Crippen molar-refractivity contribution in [2.45, 2.75) is 45.3 Å². The van der Waals surface area contributed by atoms with Crippen molar-refractivity contribution in [2.75, 3.05) is 20.2 Å². The van der Waals surface area contributed by atoms with Crippen LogP contribution in [0.15, 0.2) is 18.2 Å². The van der Waals surface area contributed by atoms with Gasteiger partial charge in [-0.3, -0.25) is 0 Å². The third-order valence-electron chi connectivity index (χ3n) is 3.77. The second-order valence-electron chi connectivity index (χ2n) is 5.68. The molecule has 0 bridgehead atoms. The average Bonchev–Trinajstić information content (AvgIpc) is 2.38. The summed E-state index contributed by atoms with van der Waals surface area (Å²) in [5.41, 5.74) is 2.31. The van der Waals surface area contributed by atoms with E-state index in [0.29, 0.717) is 0 Å².